The Morgan fingerprint density at radius 3 is 2.64 bits per heavy atom. The van der Waals surface area contributed by atoms with Gasteiger partial charge in [-0.15, -0.1) is 0 Å². The quantitative estimate of drug-likeness (QED) is 0.859. The Labute approximate surface area is 135 Å². The molecule has 0 radical (unpaired) electrons. The van der Waals surface area contributed by atoms with E-state index in [1.54, 1.807) is 36.5 Å². The number of rotatable bonds is 6. The molecule has 0 bridgehead atoms. The zero-order chi connectivity index (χ0) is 15.9. The Morgan fingerprint density at radius 1 is 1.23 bits per heavy atom. The first-order valence-electron chi connectivity index (χ1n) is 6.97. The number of pyridine rings is 1. The van der Waals surface area contributed by atoms with Crippen LogP contribution >= 0.6 is 11.6 Å². The van der Waals surface area contributed by atoms with Crippen LogP contribution in [0.15, 0.2) is 42.6 Å². The fourth-order valence-corrected chi connectivity index (χ4v) is 2.05. The Balaban J connectivity index is 1.94. The number of benzene rings is 1. The molecule has 0 aliphatic rings. The molecule has 0 unspecified atom stereocenters. The first kappa shape index (κ1) is 16.3. The van der Waals surface area contributed by atoms with E-state index in [2.05, 4.69) is 20.5 Å². The van der Waals surface area contributed by atoms with Crippen molar-refractivity contribution in [3.63, 3.8) is 0 Å². The fourth-order valence-electron chi connectivity index (χ4n) is 1.82. The average Bonchev–Trinajstić information content (AvgIpc) is 2.49. The second kappa shape index (κ2) is 7.77. The summed E-state index contributed by atoms with van der Waals surface area (Å²) < 4.78 is 0. The van der Waals surface area contributed by atoms with Crippen LogP contribution in [0.3, 0.4) is 0 Å². The largest absolute Gasteiger partial charge is 0.369 e. The number of likely N-dealkylation sites (N-methyl/N-ethyl adjacent to an activating group) is 1. The SMILES string of the molecule is CN(C)CCNc1ccc(NC(=O)c2ccccc2Cl)cn1. The zero-order valence-corrected chi connectivity index (χ0v) is 13.4. The molecule has 0 spiro atoms. The maximum atomic E-state index is 12.1. The molecule has 22 heavy (non-hydrogen) atoms. The van der Waals surface area contributed by atoms with E-state index in [9.17, 15) is 4.79 Å². The molecule has 0 aliphatic heterocycles. The lowest BCUT2D eigenvalue weighted by atomic mass is 10.2. The third kappa shape index (κ3) is 4.72. The van der Waals surface area contributed by atoms with Crippen LogP contribution in [-0.2, 0) is 0 Å². The van der Waals surface area contributed by atoms with Gasteiger partial charge in [0.2, 0.25) is 0 Å². The van der Waals surface area contributed by atoms with Gasteiger partial charge < -0.3 is 15.5 Å². The van der Waals surface area contributed by atoms with Crippen LogP contribution in [0.25, 0.3) is 0 Å². The van der Waals surface area contributed by atoms with E-state index in [1.807, 2.05) is 20.2 Å². The summed E-state index contributed by atoms with van der Waals surface area (Å²) in [6.07, 6.45) is 1.62. The molecule has 2 aromatic rings. The first-order chi connectivity index (χ1) is 10.6. The highest BCUT2D eigenvalue weighted by Crippen LogP contribution is 2.17. The number of carbonyl (C=O) groups is 1. The van der Waals surface area contributed by atoms with Crippen LogP contribution in [0.4, 0.5) is 11.5 Å². The monoisotopic (exact) mass is 318 g/mol. The van der Waals surface area contributed by atoms with Gasteiger partial charge in [-0.05, 0) is 38.4 Å². The van der Waals surface area contributed by atoms with Crippen LogP contribution in [0.5, 0.6) is 0 Å². The lowest BCUT2D eigenvalue weighted by Crippen LogP contribution is -2.21. The maximum Gasteiger partial charge on any atom is 0.257 e. The number of nitrogens with zero attached hydrogens (tertiary/aromatic N) is 2. The van der Waals surface area contributed by atoms with Gasteiger partial charge >= 0.3 is 0 Å². The van der Waals surface area contributed by atoms with Crippen LogP contribution in [-0.4, -0.2) is 43.0 Å². The van der Waals surface area contributed by atoms with Crippen molar-refractivity contribution in [1.29, 1.82) is 0 Å². The summed E-state index contributed by atoms with van der Waals surface area (Å²) in [4.78, 5) is 18.5. The highest BCUT2D eigenvalue weighted by Gasteiger charge is 2.09. The summed E-state index contributed by atoms with van der Waals surface area (Å²) >= 11 is 6.00. The third-order valence-electron chi connectivity index (χ3n) is 3.00. The molecule has 116 valence electrons. The van der Waals surface area contributed by atoms with Gasteiger partial charge in [-0.2, -0.15) is 0 Å². The highest BCUT2D eigenvalue weighted by atomic mass is 35.5. The van der Waals surface area contributed by atoms with E-state index < -0.39 is 0 Å². The lowest BCUT2D eigenvalue weighted by molar-refractivity contribution is 0.102. The molecular formula is C16H19ClN4O. The fraction of sp³-hybridized carbons (Fsp3) is 0.250. The summed E-state index contributed by atoms with van der Waals surface area (Å²) in [5.74, 6) is 0.526. The molecule has 1 aromatic heterocycles. The van der Waals surface area contributed by atoms with Gasteiger partial charge in [0.25, 0.3) is 5.91 Å². The van der Waals surface area contributed by atoms with E-state index in [0.717, 1.165) is 18.9 Å². The van der Waals surface area contributed by atoms with Gasteiger partial charge in [-0.25, -0.2) is 4.98 Å². The summed E-state index contributed by atoms with van der Waals surface area (Å²) in [6, 6.07) is 10.6. The molecular weight excluding hydrogens is 300 g/mol. The first-order valence-corrected chi connectivity index (χ1v) is 7.34. The van der Waals surface area contributed by atoms with E-state index in [1.165, 1.54) is 0 Å². The summed E-state index contributed by atoms with van der Waals surface area (Å²) in [6.45, 7) is 1.73. The Kier molecular flexibility index (Phi) is 5.75. The van der Waals surface area contributed by atoms with Crippen molar-refractivity contribution in [2.24, 2.45) is 0 Å². The normalized spacial score (nSPS) is 10.5. The predicted molar refractivity (Wildman–Crippen MR) is 90.7 cm³/mol. The van der Waals surface area contributed by atoms with Gasteiger partial charge in [-0.1, -0.05) is 23.7 Å². The minimum Gasteiger partial charge on any atom is -0.369 e. The number of hydrogen-bond donors (Lipinski definition) is 2. The van der Waals surface area contributed by atoms with Crippen LogP contribution in [0, 0.1) is 0 Å². The molecule has 1 amide bonds. The molecule has 2 rings (SSSR count). The second-order valence-electron chi connectivity index (χ2n) is 5.10. The number of hydrogen-bond acceptors (Lipinski definition) is 4. The van der Waals surface area contributed by atoms with Crippen molar-refractivity contribution >= 4 is 29.0 Å². The molecule has 1 aromatic carbocycles. The molecule has 0 aliphatic carbocycles. The number of nitrogens with one attached hydrogen (secondary N) is 2. The number of carbonyl (C=O) groups excluding carboxylic acids is 1. The van der Waals surface area contributed by atoms with Gasteiger partial charge in [0.05, 0.1) is 22.5 Å². The van der Waals surface area contributed by atoms with Crippen LogP contribution < -0.4 is 10.6 Å². The van der Waals surface area contributed by atoms with Gasteiger partial charge in [-0.3, -0.25) is 4.79 Å². The van der Waals surface area contributed by atoms with Crippen molar-refractivity contribution < 1.29 is 4.79 Å². The van der Waals surface area contributed by atoms with Gasteiger partial charge in [0.15, 0.2) is 0 Å². The topological polar surface area (TPSA) is 57.3 Å². The molecule has 6 heteroatoms. The lowest BCUT2D eigenvalue weighted by Gasteiger charge is -2.11. The van der Waals surface area contributed by atoms with Crippen molar-refractivity contribution in [1.82, 2.24) is 9.88 Å². The van der Waals surface area contributed by atoms with Crippen LogP contribution in [0.2, 0.25) is 5.02 Å². The van der Waals surface area contributed by atoms with Crippen molar-refractivity contribution in [3.8, 4) is 0 Å². The van der Waals surface area contributed by atoms with E-state index in [0.29, 0.717) is 16.3 Å². The molecule has 0 fully saturated rings. The Bertz CT molecular complexity index is 628. The summed E-state index contributed by atoms with van der Waals surface area (Å²) in [5, 5.41) is 6.42. The van der Waals surface area contributed by atoms with E-state index >= 15 is 0 Å². The molecule has 1 heterocycles. The van der Waals surface area contributed by atoms with Crippen LogP contribution in [0.1, 0.15) is 10.4 Å². The second-order valence-corrected chi connectivity index (χ2v) is 5.50. The average molecular weight is 319 g/mol. The smallest absolute Gasteiger partial charge is 0.257 e. The highest BCUT2D eigenvalue weighted by molar-refractivity contribution is 6.34. The maximum absolute atomic E-state index is 12.1. The number of amides is 1. The Morgan fingerprint density at radius 2 is 2.00 bits per heavy atom. The molecule has 0 saturated heterocycles. The standard InChI is InChI=1S/C16H19ClN4O/c1-21(2)10-9-18-15-8-7-12(11-19-15)20-16(22)13-5-3-4-6-14(13)17/h3-8,11H,9-10H2,1-2H3,(H,18,19)(H,20,22). The van der Waals surface area contributed by atoms with E-state index in [4.69, 9.17) is 11.6 Å². The summed E-state index contributed by atoms with van der Waals surface area (Å²) in [5.41, 5.74) is 1.07. The summed E-state index contributed by atoms with van der Waals surface area (Å²) in [7, 11) is 4.03. The minimum atomic E-state index is -0.249. The Hall–Kier alpha value is -2.11. The molecule has 0 saturated carbocycles. The van der Waals surface area contributed by atoms with Crippen molar-refractivity contribution in [2.75, 3.05) is 37.8 Å². The van der Waals surface area contributed by atoms with Gasteiger partial charge in [0.1, 0.15) is 5.82 Å². The van der Waals surface area contributed by atoms with Crippen molar-refractivity contribution in [3.05, 3.63) is 53.2 Å². The molecule has 2 N–H and O–H groups in total. The minimum absolute atomic E-state index is 0.249. The number of anilines is 2. The predicted octanol–water partition coefficient (Wildman–Crippen LogP) is 2.96. The zero-order valence-electron chi connectivity index (χ0n) is 12.6. The van der Waals surface area contributed by atoms with Crippen molar-refractivity contribution in [2.45, 2.75) is 0 Å². The molecule has 5 nitrogen and oxygen atoms in total. The number of aromatic nitrogens is 1. The van der Waals surface area contributed by atoms with E-state index in [-0.39, 0.29) is 5.91 Å². The number of halogens is 1. The third-order valence-corrected chi connectivity index (χ3v) is 3.33. The molecule has 0 atom stereocenters. The van der Waals surface area contributed by atoms with Gasteiger partial charge in [0, 0.05) is 13.1 Å².